The topological polar surface area (TPSA) is 64.3 Å². The highest BCUT2D eigenvalue weighted by molar-refractivity contribution is 5.10. The van der Waals surface area contributed by atoms with E-state index < -0.39 is 0 Å². The standard InChI is InChI=1S/C72H125N9/c1-5-17-56(18-6-1)77(57-19-7-2-8-20-57)60-37-29-50(30-38-60)53-35-43-69-65(47-53)66-48-54(51-31-39-61(40-32-51)78(58-21-9-3-10-22-58)59-23-11-4-12-24-59)36-44-70(66)79(69)62-41-33-52(34-42-62)55-45-63(80-71-27-15-13-25-67(71)73-75-80)49-64(46-55)81-72-28-16-14-26-68(72)74-76-81/h50-76H,1-49H2. The minimum absolute atomic E-state index is 0.645. The van der Waals surface area contributed by atoms with Gasteiger partial charge in [-0.1, -0.05) is 103 Å². The number of hydrazine groups is 4. The molecule has 15 aliphatic rings. The van der Waals surface area contributed by atoms with Crippen molar-refractivity contribution in [3.63, 3.8) is 0 Å². The van der Waals surface area contributed by atoms with Gasteiger partial charge in [0.05, 0.1) is 0 Å². The molecule has 3 saturated heterocycles. The number of rotatable bonds is 12. The van der Waals surface area contributed by atoms with Gasteiger partial charge in [0.15, 0.2) is 0 Å². The number of fused-ring (bicyclic) bond motifs is 5. The van der Waals surface area contributed by atoms with Crippen LogP contribution in [0.25, 0.3) is 0 Å². The predicted molar refractivity (Wildman–Crippen MR) is 333 cm³/mol. The first-order valence-electron chi connectivity index (χ1n) is 38.1. The Morgan fingerprint density at radius 2 is 0.568 bits per heavy atom. The van der Waals surface area contributed by atoms with E-state index >= 15 is 0 Å². The Morgan fingerprint density at radius 3 is 0.975 bits per heavy atom. The van der Waals surface area contributed by atoms with Crippen molar-refractivity contribution < 1.29 is 0 Å². The van der Waals surface area contributed by atoms with E-state index in [1.807, 2.05) is 0 Å². The number of hydrogen-bond donors (Lipinski definition) is 4. The molecule has 0 bridgehead atoms. The highest BCUT2D eigenvalue weighted by Crippen LogP contribution is 2.58. The van der Waals surface area contributed by atoms with Crippen molar-refractivity contribution in [2.45, 2.75) is 405 Å². The first-order valence-corrected chi connectivity index (χ1v) is 38.1. The molecule has 4 N–H and O–H groups in total. The molecule has 81 heavy (non-hydrogen) atoms. The summed E-state index contributed by atoms with van der Waals surface area (Å²) >= 11 is 0. The molecule has 458 valence electrons. The third-order valence-electron chi connectivity index (χ3n) is 29.0. The molecule has 3 aliphatic heterocycles. The van der Waals surface area contributed by atoms with Gasteiger partial charge < -0.3 is 0 Å². The second kappa shape index (κ2) is 26.4. The molecular weight excluding hydrogens is 991 g/mol. The Bertz CT molecular complexity index is 1780. The van der Waals surface area contributed by atoms with Crippen molar-refractivity contribution in [3.8, 4) is 0 Å². The Kier molecular flexibility index (Phi) is 18.6. The maximum Gasteiger partial charge on any atom is 0.0427 e. The minimum atomic E-state index is 0.645. The number of hydrogen-bond acceptors (Lipinski definition) is 9. The molecule has 0 radical (unpaired) electrons. The zero-order valence-corrected chi connectivity index (χ0v) is 52.2. The first-order chi connectivity index (χ1) is 40.1. The molecule has 12 unspecified atom stereocenters. The van der Waals surface area contributed by atoms with Crippen LogP contribution < -0.4 is 21.9 Å². The summed E-state index contributed by atoms with van der Waals surface area (Å²) in [5.74, 6) is 7.82. The minimum Gasteiger partial charge on any atom is -0.294 e. The van der Waals surface area contributed by atoms with Gasteiger partial charge in [-0.15, -0.1) is 0 Å². The zero-order chi connectivity index (χ0) is 53.6. The van der Waals surface area contributed by atoms with E-state index in [1.54, 1.807) is 64.2 Å². The Hall–Kier alpha value is -0.360. The monoisotopic (exact) mass is 1120 g/mol. The molecule has 15 rings (SSSR count). The molecule has 0 amide bonds. The molecule has 0 spiro atoms. The molecule has 12 saturated carbocycles. The summed E-state index contributed by atoms with van der Waals surface area (Å²) in [4.78, 5) is 9.99. The molecule has 9 nitrogen and oxygen atoms in total. The van der Waals surface area contributed by atoms with E-state index in [1.165, 1.54) is 250 Å². The van der Waals surface area contributed by atoms with Crippen LogP contribution >= 0.6 is 0 Å². The average Bonchev–Trinajstić information content (AvgIpc) is 4.45. The second-order valence-corrected chi connectivity index (χ2v) is 32.8. The fraction of sp³-hybridized carbons (Fsp3) is 1.00. The SMILES string of the molecule is C1CCC(N(C2CCCCC2)C2CCC(C3CCC4C(C3)C3CC(C5CCC(N(C6CCCCC6)C6CCCCC6)CC5)CCC3N4C3CCC(C4CC(N5NNC6CCCCC65)CC(N5NNC6CCCCC65)C4)CC3)CC2)CC1. The van der Waals surface area contributed by atoms with Crippen molar-refractivity contribution in [3.05, 3.63) is 0 Å². The van der Waals surface area contributed by atoms with Crippen molar-refractivity contribution in [1.82, 2.24) is 46.6 Å². The molecule has 12 aliphatic carbocycles. The Morgan fingerprint density at radius 1 is 0.235 bits per heavy atom. The molecule has 0 aromatic heterocycles. The maximum absolute atomic E-state index is 3.88. The Balaban J connectivity index is 0.634. The summed E-state index contributed by atoms with van der Waals surface area (Å²) in [7, 11) is 0. The van der Waals surface area contributed by atoms with E-state index in [4.69, 9.17) is 0 Å². The number of likely N-dealkylation sites (tertiary alicyclic amines) is 1. The number of nitrogens with zero attached hydrogens (tertiary/aromatic N) is 5. The van der Waals surface area contributed by atoms with Crippen LogP contribution in [0.5, 0.6) is 0 Å². The fourth-order valence-electron chi connectivity index (χ4n) is 25.2. The van der Waals surface area contributed by atoms with Crippen LogP contribution in [-0.2, 0) is 0 Å². The summed E-state index contributed by atoms with van der Waals surface area (Å²) in [6, 6.07) is 12.1. The average molecular weight is 1120 g/mol. The third kappa shape index (κ3) is 12.0. The van der Waals surface area contributed by atoms with Gasteiger partial charge in [-0.3, -0.25) is 14.7 Å². The summed E-state index contributed by atoms with van der Waals surface area (Å²) in [6.07, 6.45) is 73.2. The second-order valence-electron chi connectivity index (χ2n) is 32.8. The quantitative estimate of drug-likeness (QED) is 0.153. The largest absolute Gasteiger partial charge is 0.294 e. The van der Waals surface area contributed by atoms with Gasteiger partial charge in [0.1, 0.15) is 0 Å². The third-order valence-corrected chi connectivity index (χ3v) is 29.0. The van der Waals surface area contributed by atoms with Crippen molar-refractivity contribution in [2.75, 3.05) is 0 Å². The molecule has 0 aromatic rings. The van der Waals surface area contributed by atoms with E-state index in [9.17, 15) is 0 Å². The fourth-order valence-corrected chi connectivity index (χ4v) is 25.2. The van der Waals surface area contributed by atoms with Crippen LogP contribution in [0.2, 0.25) is 0 Å². The van der Waals surface area contributed by atoms with Crippen LogP contribution in [0.15, 0.2) is 0 Å². The molecule has 9 heteroatoms. The van der Waals surface area contributed by atoms with Gasteiger partial charge in [0.25, 0.3) is 0 Å². The van der Waals surface area contributed by atoms with Crippen LogP contribution in [0.4, 0.5) is 0 Å². The van der Waals surface area contributed by atoms with E-state index in [-0.39, 0.29) is 0 Å². The van der Waals surface area contributed by atoms with Crippen molar-refractivity contribution in [1.29, 1.82) is 0 Å². The maximum atomic E-state index is 3.88. The summed E-state index contributed by atoms with van der Waals surface area (Å²) in [5.41, 5.74) is 15.4. The number of nitrogens with one attached hydrogen (secondary N) is 4. The van der Waals surface area contributed by atoms with Crippen LogP contribution in [0.1, 0.15) is 315 Å². The summed E-state index contributed by atoms with van der Waals surface area (Å²) in [6.45, 7) is 0. The van der Waals surface area contributed by atoms with Gasteiger partial charge in [-0.2, -0.15) is 11.1 Å². The Labute approximate surface area is 496 Å². The summed E-state index contributed by atoms with van der Waals surface area (Å²) in [5, 5.41) is 5.64. The summed E-state index contributed by atoms with van der Waals surface area (Å²) < 4.78 is 0. The van der Waals surface area contributed by atoms with Crippen molar-refractivity contribution >= 4 is 0 Å². The molecule has 0 aromatic carbocycles. The zero-order valence-electron chi connectivity index (χ0n) is 52.2. The van der Waals surface area contributed by atoms with E-state index in [2.05, 4.69) is 46.6 Å². The van der Waals surface area contributed by atoms with E-state index in [0.717, 1.165) is 102 Å². The lowest BCUT2D eigenvalue weighted by Gasteiger charge is -2.50. The van der Waals surface area contributed by atoms with Gasteiger partial charge in [-0.25, -0.2) is 20.9 Å². The van der Waals surface area contributed by atoms with Crippen LogP contribution in [0.3, 0.4) is 0 Å². The predicted octanol–water partition coefficient (Wildman–Crippen LogP) is 15.3. The molecule has 3 heterocycles. The smallest absolute Gasteiger partial charge is 0.0427 e. The normalized spacial score (nSPS) is 46.4. The first kappa shape index (κ1) is 57.1. The van der Waals surface area contributed by atoms with Gasteiger partial charge in [0, 0.05) is 90.6 Å². The lowest BCUT2D eigenvalue weighted by molar-refractivity contribution is -0.0263. The highest BCUT2D eigenvalue weighted by atomic mass is 15.8. The van der Waals surface area contributed by atoms with Gasteiger partial charge in [0.2, 0.25) is 0 Å². The highest BCUT2D eigenvalue weighted by Gasteiger charge is 2.57. The van der Waals surface area contributed by atoms with E-state index in [0.29, 0.717) is 36.3 Å². The molecular formula is C72H125N9. The van der Waals surface area contributed by atoms with Crippen LogP contribution in [-0.4, -0.2) is 115 Å². The lowest BCUT2D eigenvalue weighted by atomic mass is 9.62. The molecule has 15 fully saturated rings. The van der Waals surface area contributed by atoms with Gasteiger partial charge in [-0.05, 0) is 259 Å². The lowest BCUT2D eigenvalue weighted by Crippen LogP contribution is -2.57. The van der Waals surface area contributed by atoms with Gasteiger partial charge >= 0.3 is 0 Å². The molecule has 12 atom stereocenters. The van der Waals surface area contributed by atoms with Crippen molar-refractivity contribution in [2.24, 2.45) is 47.3 Å². The van der Waals surface area contributed by atoms with Crippen LogP contribution in [0, 0.1) is 47.3 Å².